The van der Waals surface area contributed by atoms with Gasteiger partial charge in [0.1, 0.15) is 0 Å². The van der Waals surface area contributed by atoms with E-state index in [1.165, 1.54) is 21.0 Å². The average Bonchev–Trinajstić information content (AvgIpc) is 3.03. The molecular formula is C18H26ClN3S. The van der Waals surface area contributed by atoms with Crippen molar-refractivity contribution in [3.8, 4) is 0 Å². The average molecular weight is 352 g/mol. The summed E-state index contributed by atoms with van der Waals surface area (Å²) in [5.74, 6) is 0. The van der Waals surface area contributed by atoms with Gasteiger partial charge in [0.05, 0.1) is 5.01 Å². The number of hydrogen-bond acceptors (Lipinski definition) is 4. The van der Waals surface area contributed by atoms with Crippen LogP contribution in [0.1, 0.15) is 40.9 Å². The van der Waals surface area contributed by atoms with Gasteiger partial charge in [-0.1, -0.05) is 38.1 Å². The third-order valence-corrected chi connectivity index (χ3v) is 5.52. The van der Waals surface area contributed by atoms with Gasteiger partial charge in [-0.05, 0) is 24.0 Å². The number of halogens is 1. The van der Waals surface area contributed by atoms with Crippen LogP contribution in [0.25, 0.3) is 0 Å². The smallest absolute Gasteiger partial charge is 0.0925 e. The molecule has 1 aromatic heterocycles. The number of aromatic nitrogens is 1. The highest BCUT2D eigenvalue weighted by atomic mass is 35.5. The maximum atomic E-state index is 4.50. The second-order valence-electron chi connectivity index (χ2n) is 5.86. The molecule has 5 heteroatoms. The molecule has 0 spiro atoms. The SMILES string of the molecule is CCc1ccc(C2CNCCN2Cc2cnc(CC)s2)cc1.Cl. The van der Waals surface area contributed by atoms with Crippen LogP contribution in [-0.4, -0.2) is 29.5 Å². The number of nitrogens with zero attached hydrogens (tertiary/aromatic N) is 2. The van der Waals surface area contributed by atoms with Gasteiger partial charge in [0.15, 0.2) is 0 Å². The molecule has 1 aliphatic heterocycles. The van der Waals surface area contributed by atoms with Gasteiger partial charge in [0.25, 0.3) is 0 Å². The lowest BCUT2D eigenvalue weighted by molar-refractivity contribution is 0.155. The summed E-state index contributed by atoms with van der Waals surface area (Å²) in [6.45, 7) is 8.59. The molecule has 0 saturated carbocycles. The fourth-order valence-electron chi connectivity index (χ4n) is 3.02. The zero-order valence-electron chi connectivity index (χ0n) is 13.9. The topological polar surface area (TPSA) is 28.2 Å². The Hall–Kier alpha value is -0.940. The van der Waals surface area contributed by atoms with Crippen molar-refractivity contribution in [3.05, 3.63) is 51.5 Å². The summed E-state index contributed by atoms with van der Waals surface area (Å²) in [7, 11) is 0. The molecule has 1 unspecified atom stereocenters. The van der Waals surface area contributed by atoms with Crippen molar-refractivity contribution in [1.29, 1.82) is 0 Å². The van der Waals surface area contributed by atoms with E-state index in [2.05, 4.69) is 59.5 Å². The minimum Gasteiger partial charge on any atom is -0.314 e. The number of piperazine rings is 1. The number of aryl methyl sites for hydroxylation is 2. The Morgan fingerprint density at radius 1 is 1.22 bits per heavy atom. The van der Waals surface area contributed by atoms with Crippen molar-refractivity contribution in [3.63, 3.8) is 0 Å². The Labute approximate surface area is 149 Å². The molecule has 3 nitrogen and oxygen atoms in total. The minimum atomic E-state index is 0. The van der Waals surface area contributed by atoms with Crippen molar-refractivity contribution < 1.29 is 0 Å². The molecule has 1 aliphatic rings. The van der Waals surface area contributed by atoms with E-state index in [0.29, 0.717) is 6.04 Å². The van der Waals surface area contributed by atoms with Crippen LogP contribution in [0.4, 0.5) is 0 Å². The lowest BCUT2D eigenvalue weighted by Gasteiger charge is -2.36. The monoisotopic (exact) mass is 351 g/mol. The van der Waals surface area contributed by atoms with Crippen LogP contribution < -0.4 is 5.32 Å². The Bertz CT molecular complexity index is 597. The fraction of sp³-hybridized carbons (Fsp3) is 0.500. The second-order valence-corrected chi connectivity index (χ2v) is 7.06. The van der Waals surface area contributed by atoms with E-state index < -0.39 is 0 Å². The highest BCUT2D eigenvalue weighted by Gasteiger charge is 2.24. The Kier molecular flexibility index (Phi) is 7.03. The first-order valence-corrected chi connectivity index (χ1v) is 9.09. The molecule has 126 valence electrons. The molecule has 1 saturated heterocycles. The zero-order chi connectivity index (χ0) is 15.4. The van der Waals surface area contributed by atoms with Crippen LogP contribution in [-0.2, 0) is 19.4 Å². The van der Waals surface area contributed by atoms with Gasteiger partial charge in [-0.25, -0.2) is 4.98 Å². The van der Waals surface area contributed by atoms with Crippen molar-refractivity contribution in [1.82, 2.24) is 15.2 Å². The van der Waals surface area contributed by atoms with Crippen LogP contribution in [0.15, 0.2) is 30.5 Å². The molecule has 2 heterocycles. The normalized spacial score (nSPS) is 18.6. The minimum absolute atomic E-state index is 0. The van der Waals surface area contributed by atoms with Crippen LogP contribution in [0, 0.1) is 0 Å². The maximum absolute atomic E-state index is 4.50. The van der Waals surface area contributed by atoms with Gasteiger partial charge in [-0.2, -0.15) is 0 Å². The van der Waals surface area contributed by atoms with Crippen LogP contribution in [0.2, 0.25) is 0 Å². The number of rotatable bonds is 5. The molecule has 0 amide bonds. The third-order valence-electron chi connectivity index (χ3n) is 4.39. The first kappa shape index (κ1) is 18.4. The first-order valence-electron chi connectivity index (χ1n) is 8.27. The summed E-state index contributed by atoms with van der Waals surface area (Å²) in [6.07, 6.45) is 4.20. The van der Waals surface area contributed by atoms with E-state index in [4.69, 9.17) is 0 Å². The van der Waals surface area contributed by atoms with Gasteiger partial charge in [0, 0.05) is 43.3 Å². The number of hydrogen-bond donors (Lipinski definition) is 1. The molecule has 1 aromatic carbocycles. The van der Waals surface area contributed by atoms with Crippen LogP contribution in [0.3, 0.4) is 0 Å². The molecular weight excluding hydrogens is 326 g/mol. The van der Waals surface area contributed by atoms with Gasteiger partial charge in [-0.15, -0.1) is 23.7 Å². The van der Waals surface area contributed by atoms with Crippen molar-refractivity contribution >= 4 is 23.7 Å². The van der Waals surface area contributed by atoms with Gasteiger partial charge in [-0.3, -0.25) is 4.90 Å². The molecule has 0 radical (unpaired) electrons. The summed E-state index contributed by atoms with van der Waals surface area (Å²) in [5, 5.41) is 4.78. The van der Waals surface area contributed by atoms with Crippen LogP contribution >= 0.6 is 23.7 Å². The third kappa shape index (κ3) is 4.54. The lowest BCUT2D eigenvalue weighted by atomic mass is 10.0. The van der Waals surface area contributed by atoms with E-state index in [9.17, 15) is 0 Å². The molecule has 2 aromatic rings. The molecule has 1 N–H and O–H groups in total. The Morgan fingerprint density at radius 3 is 2.65 bits per heavy atom. The Balaban J connectivity index is 0.00000192. The fourth-order valence-corrected chi connectivity index (χ4v) is 3.91. The first-order chi connectivity index (χ1) is 10.8. The zero-order valence-corrected chi connectivity index (χ0v) is 15.6. The second kappa shape index (κ2) is 8.78. The Morgan fingerprint density at radius 2 is 2.00 bits per heavy atom. The van der Waals surface area contributed by atoms with Crippen molar-refractivity contribution in [2.75, 3.05) is 19.6 Å². The summed E-state index contributed by atoms with van der Waals surface area (Å²) < 4.78 is 0. The maximum Gasteiger partial charge on any atom is 0.0925 e. The van der Waals surface area contributed by atoms with E-state index in [-0.39, 0.29) is 12.4 Å². The van der Waals surface area contributed by atoms with Crippen molar-refractivity contribution in [2.24, 2.45) is 0 Å². The molecule has 1 fully saturated rings. The molecule has 23 heavy (non-hydrogen) atoms. The van der Waals surface area contributed by atoms with Gasteiger partial charge < -0.3 is 5.32 Å². The largest absolute Gasteiger partial charge is 0.314 e. The van der Waals surface area contributed by atoms with Crippen LogP contribution in [0.5, 0.6) is 0 Å². The predicted octanol–water partition coefficient (Wildman–Crippen LogP) is 3.84. The molecule has 0 aliphatic carbocycles. The molecule has 1 atom stereocenters. The quantitative estimate of drug-likeness (QED) is 0.887. The van der Waals surface area contributed by atoms with E-state index in [1.54, 1.807) is 0 Å². The van der Waals surface area contributed by atoms with E-state index in [0.717, 1.165) is 39.0 Å². The molecule has 3 rings (SSSR count). The van der Waals surface area contributed by atoms with E-state index in [1.807, 2.05) is 11.3 Å². The predicted molar refractivity (Wildman–Crippen MR) is 101 cm³/mol. The summed E-state index contributed by atoms with van der Waals surface area (Å²) >= 11 is 1.86. The van der Waals surface area contributed by atoms with E-state index >= 15 is 0 Å². The van der Waals surface area contributed by atoms with Gasteiger partial charge >= 0.3 is 0 Å². The number of nitrogens with one attached hydrogen (secondary N) is 1. The summed E-state index contributed by atoms with van der Waals surface area (Å²) in [5.41, 5.74) is 2.83. The summed E-state index contributed by atoms with van der Waals surface area (Å²) in [6, 6.07) is 9.60. The highest BCUT2D eigenvalue weighted by molar-refractivity contribution is 7.11. The van der Waals surface area contributed by atoms with Crippen molar-refractivity contribution in [2.45, 2.75) is 39.3 Å². The number of thiazole rings is 1. The standard InChI is InChI=1S/C18H25N3S.ClH/c1-3-14-5-7-15(8-6-14)17-12-19-9-10-21(17)13-16-11-20-18(4-2)22-16;/h5-8,11,17,19H,3-4,9-10,12-13H2,1-2H3;1H. The van der Waals surface area contributed by atoms with Gasteiger partial charge in [0.2, 0.25) is 0 Å². The summed E-state index contributed by atoms with van der Waals surface area (Å²) in [4.78, 5) is 8.47. The number of benzene rings is 1. The lowest BCUT2D eigenvalue weighted by Crippen LogP contribution is -2.45. The molecule has 0 bridgehead atoms. The highest BCUT2D eigenvalue weighted by Crippen LogP contribution is 2.26.